The number of alkyl carbamates (subject to hydrolysis) is 1. The van der Waals surface area contributed by atoms with Crippen LogP contribution in [0.4, 0.5) is 9.18 Å². The maximum atomic E-state index is 13.9. The highest BCUT2D eigenvalue weighted by atomic mass is 19.1. The lowest BCUT2D eigenvalue weighted by Crippen LogP contribution is -2.42. The summed E-state index contributed by atoms with van der Waals surface area (Å²) in [6.07, 6.45) is -0.727. The molecule has 0 aliphatic heterocycles. The molecule has 0 bridgehead atoms. The molecule has 2 N–H and O–H groups in total. The largest absolute Gasteiger partial charge is 0.497 e. The number of hydrogen-bond acceptors (Lipinski definition) is 4. The van der Waals surface area contributed by atoms with E-state index in [1.165, 1.54) is 19.2 Å². The Kier molecular flexibility index (Phi) is 7.09. The van der Waals surface area contributed by atoms with Crippen molar-refractivity contribution in [2.45, 2.75) is 18.4 Å². The molecule has 192 valence electrons. The van der Waals surface area contributed by atoms with Crippen LogP contribution in [0.1, 0.15) is 22.6 Å². The number of benzene rings is 4. The maximum Gasteiger partial charge on any atom is 0.407 e. The summed E-state index contributed by atoms with van der Waals surface area (Å²) >= 11 is 0. The first kappa shape index (κ1) is 25.0. The second-order valence-corrected chi connectivity index (χ2v) is 9.14. The van der Waals surface area contributed by atoms with Crippen molar-refractivity contribution in [3.05, 3.63) is 114 Å². The van der Waals surface area contributed by atoms with E-state index in [4.69, 9.17) is 9.47 Å². The predicted octanol–water partition coefficient (Wildman–Crippen LogP) is 6.04. The smallest absolute Gasteiger partial charge is 0.407 e. The minimum Gasteiger partial charge on any atom is -0.497 e. The van der Waals surface area contributed by atoms with E-state index < -0.39 is 23.9 Å². The van der Waals surface area contributed by atoms with Gasteiger partial charge in [0.1, 0.15) is 24.2 Å². The van der Waals surface area contributed by atoms with Gasteiger partial charge in [-0.2, -0.15) is 0 Å². The van der Waals surface area contributed by atoms with Crippen LogP contribution >= 0.6 is 0 Å². The molecule has 5 rings (SSSR count). The number of nitrogens with one attached hydrogen (secondary N) is 1. The molecule has 4 aromatic carbocycles. The molecule has 4 aromatic rings. The van der Waals surface area contributed by atoms with Gasteiger partial charge in [0.15, 0.2) is 0 Å². The average Bonchev–Trinajstić information content (AvgIpc) is 3.25. The average molecular weight is 512 g/mol. The maximum absolute atomic E-state index is 13.9. The van der Waals surface area contributed by atoms with Gasteiger partial charge in [0.05, 0.1) is 7.11 Å². The number of amides is 1. The molecule has 6 nitrogen and oxygen atoms in total. The molecule has 0 spiro atoms. The molecule has 1 aliphatic rings. The third kappa shape index (κ3) is 5.22. The lowest BCUT2D eigenvalue weighted by molar-refractivity contribution is -0.139. The first-order valence-electron chi connectivity index (χ1n) is 12.2. The van der Waals surface area contributed by atoms with Crippen LogP contribution in [0.25, 0.3) is 22.3 Å². The van der Waals surface area contributed by atoms with Crippen molar-refractivity contribution in [2.75, 3.05) is 13.7 Å². The first-order valence-corrected chi connectivity index (χ1v) is 12.2. The van der Waals surface area contributed by atoms with Gasteiger partial charge in [0, 0.05) is 18.4 Å². The number of rotatable bonds is 8. The van der Waals surface area contributed by atoms with Crippen molar-refractivity contribution in [3.8, 4) is 28.0 Å². The van der Waals surface area contributed by atoms with Gasteiger partial charge < -0.3 is 19.9 Å². The predicted molar refractivity (Wildman–Crippen MR) is 142 cm³/mol. The zero-order chi connectivity index (χ0) is 26.6. The van der Waals surface area contributed by atoms with E-state index in [0.717, 1.165) is 27.8 Å². The normalized spacial score (nSPS) is 12.8. The summed E-state index contributed by atoms with van der Waals surface area (Å²) in [5.74, 6) is -1.30. The Balaban J connectivity index is 1.23. The SMILES string of the molecule is COc1cc(F)cc(-c2ccc(C[C@H](NC(=O)OCC3c4ccccc4-c4ccccc43)C(=O)O)cc2)c1. The molecule has 1 atom stereocenters. The second-order valence-electron chi connectivity index (χ2n) is 9.14. The van der Waals surface area contributed by atoms with E-state index in [2.05, 4.69) is 5.32 Å². The van der Waals surface area contributed by atoms with Crippen molar-refractivity contribution >= 4 is 12.1 Å². The van der Waals surface area contributed by atoms with E-state index in [9.17, 15) is 19.1 Å². The number of ether oxygens (including phenoxy) is 2. The van der Waals surface area contributed by atoms with Crippen LogP contribution in [0, 0.1) is 5.82 Å². The first-order chi connectivity index (χ1) is 18.4. The number of carboxylic acids is 1. The summed E-state index contributed by atoms with van der Waals surface area (Å²) < 4.78 is 24.5. The van der Waals surface area contributed by atoms with E-state index in [1.54, 1.807) is 30.3 Å². The van der Waals surface area contributed by atoms with Crippen molar-refractivity contribution in [2.24, 2.45) is 0 Å². The summed E-state index contributed by atoms with van der Waals surface area (Å²) in [6.45, 7) is 0.0952. The number of hydrogen-bond donors (Lipinski definition) is 2. The van der Waals surface area contributed by atoms with Crippen molar-refractivity contribution in [1.29, 1.82) is 0 Å². The summed E-state index contributed by atoms with van der Waals surface area (Å²) in [6, 6.07) is 26.3. The number of aliphatic carboxylic acids is 1. The van der Waals surface area contributed by atoms with Crippen molar-refractivity contribution in [1.82, 2.24) is 5.32 Å². The fourth-order valence-electron chi connectivity index (χ4n) is 4.90. The highest BCUT2D eigenvalue weighted by molar-refractivity contribution is 5.81. The molecule has 38 heavy (non-hydrogen) atoms. The van der Waals surface area contributed by atoms with E-state index in [1.807, 2.05) is 48.5 Å². The molecule has 0 saturated heterocycles. The monoisotopic (exact) mass is 511 g/mol. The van der Waals surface area contributed by atoms with Crippen LogP contribution < -0.4 is 10.1 Å². The van der Waals surface area contributed by atoms with Crippen LogP contribution in [0.5, 0.6) is 5.75 Å². The summed E-state index contributed by atoms with van der Waals surface area (Å²) in [7, 11) is 1.47. The van der Waals surface area contributed by atoms with Crippen LogP contribution in [-0.2, 0) is 16.0 Å². The number of methoxy groups -OCH3 is 1. The Hall–Kier alpha value is -4.65. The van der Waals surface area contributed by atoms with E-state index >= 15 is 0 Å². The molecule has 0 fully saturated rings. The van der Waals surface area contributed by atoms with Crippen molar-refractivity contribution < 1.29 is 28.6 Å². The minimum absolute atomic E-state index is 0.0618. The Morgan fingerprint density at radius 1 is 0.895 bits per heavy atom. The zero-order valence-corrected chi connectivity index (χ0v) is 20.7. The van der Waals surface area contributed by atoms with Gasteiger partial charge in [-0.15, -0.1) is 0 Å². The Morgan fingerprint density at radius 2 is 1.53 bits per heavy atom. The lowest BCUT2D eigenvalue weighted by atomic mass is 9.98. The van der Waals surface area contributed by atoms with Crippen LogP contribution in [-0.4, -0.2) is 36.9 Å². The third-order valence-corrected chi connectivity index (χ3v) is 6.77. The highest BCUT2D eigenvalue weighted by Gasteiger charge is 2.29. The highest BCUT2D eigenvalue weighted by Crippen LogP contribution is 2.44. The van der Waals surface area contributed by atoms with E-state index in [0.29, 0.717) is 16.9 Å². The lowest BCUT2D eigenvalue weighted by Gasteiger charge is -2.18. The molecule has 0 unspecified atom stereocenters. The van der Waals surface area contributed by atoms with Crippen LogP contribution in [0.2, 0.25) is 0 Å². The van der Waals surface area contributed by atoms with Gasteiger partial charge in [-0.1, -0.05) is 72.8 Å². The van der Waals surface area contributed by atoms with Gasteiger partial charge in [0.2, 0.25) is 0 Å². The molecule has 7 heteroatoms. The zero-order valence-electron chi connectivity index (χ0n) is 20.7. The van der Waals surface area contributed by atoms with Crippen molar-refractivity contribution in [3.63, 3.8) is 0 Å². The Labute approximate surface area is 219 Å². The Morgan fingerprint density at radius 3 is 2.13 bits per heavy atom. The van der Waals surface area contributed by atoms with Gasteiger partial charge in [-0.05, 0) is 51.1 Å². The fourth-order valence-corrected chi connectivity index (χ4v) is 4.90. The molecule has 0 radical (unpaired) electrons. The number of carboxylic acid groups (broad SMARTS) is 1. The van der Waals surface area contributed by atoms with E-state index in [-0.39, 0.29) is 18.9 Å². The number of carbonyl (C=O) groups excluding carboxylic acids is 1. The molecule has 1 amide bonds. The van der Waals surface area contributed by atoms with Gasteiger partial charge in [-0.3, -0.25) is 0 Å². The summed E-state index contributed by atoms with van der Waals surface area (Å²) in [4.78, 5) is 24.5. The molecule has 0 aromatic heterocycles. The van der Waals surface area contributed by atoms with Gasteiger partial charge >= 0.3 is 12.1 Å². The van der Waals surface area contributed by atoms with Crippen LogP contribution in [0.3, 0.4) is 0 Å². The molecule has 1 aliphatic carbocycles. The quantitative estimate of drug-likeness (QED) is 0.302. The van der Waals surface area contributed by atoms with Crippen LogP contribution in [0.15, 0.2) is 91.0 Å². The topological polar surface area (TPSA) is 84.9 Å². The second kappa shape index (κ2) is 10.8. The Bertz CT molecular complexity index is 1440. The number of fused-ring (bicyclic) bond motifs is 3. The summed E-state index contributed by atoms with van der Waals surface area (Å²) in [5.41, 5.74) is 6.47. The fraction of sp³-hybridized carbons (Fsp3) is 0.161. The van der Waals surface area contributed by atoms with Gasteiger partial charge in [-0.25, -0.2) is 14.0 Å². The van der Waals surface area contributed by atoms with Gasteiger partial charge in [0.25, 0.3) is 0 Å². The molecule has 0 heterocycles. The number of halogens is 1. The molecule has 0 saturated carbocycles. The minimum atomic E-state index is -1.18. The molecular formula is C31H26FNO5. The third-order valence-electron chi connectivity index (χ3n) is 6.77. The molecular weight excluding hydrogens is 485 g/mol. The standard InChI is InChI=1S/C31H26FNO5/c1-37-23-16-21(15-22(32)17-23)20-12-10-19(11-13-20)14-29(30(34)35)33-31(36)38-18-28-26-8-4-2-6-24(26)25-7-3-5-9-27(25)28/h2-13,15-17,28-29H,14,18H2,1H3,(H,33,36)(H,34,35)/t29-/m0/s1. The summed E-state index contributed by atoms with van der Waals surface area (Å²) in [5, 5.41) is 12.2. The number of carbonyl (C=O) groups is 2.